The van der Waals surface area contributed by atoms with E-state index < -0.39 is 0 Å². The number of hydrogen-bond donors (Lipinski definition) is 1. The van der Waals surface area contributed by atoms with Gasteiger partial charge in [-0.2, -0.15) is 16.7 Å². The summed E-state index contributed by atoms with van der Waals surface area (Å²) in [7, 11) is 0. The smallest absolute Gasteiger partial charge is 0.224 e. The van der Waals surface area contributed by atoms with Gasteiger partial charge in [0, 0.05) is 24.1 Å². The maximum atomic E-state index is 6.01. The third kappa shape index (κ3) is 2.20. The minimum atomic E-state index is 0.270. The molecule has 88 valence electrons. The Morgan fingerprint density at radius 1 is 1.50 bits per heavy atom. The predicted molar refractivity (Wildman–Crippen MR) is 70.3 cm³/mol. The van der Waals surface area contributed by atoms with Gasteiger partial charge in [0.15, 0.2) is 5.82 Å². The first kappa shape index (κ1) is 11.8. The molecule has 1 aromatic heterocycles. The average molecular weight is 259 g/mol. The van der Waals surface area contributed by atoms with E-state index in [9.17, 15) is 0 Å². The van der Waals surface area contributed by atoms with Crippen molar-refractivity contribution in [1.82, 2.24) is 9.97 Å². The number of hydrogen-bond acceptors (Lipinski definition) is 5. The number of nitrogens with two attached hydrogens (primary N) is 1. The second kappa shape index (κ2) is 4.67. The van der Waals surface area contributed by atoms with Crippen LogP contribution in [-0.4, -0.2) is 34.1 Å². The second-order valence-electron chi connectivity index (χ2n) is 3.93. The maximum Gasteiger partial charge on any atom is 0.224 e. The molecule has 0 bridgehead atoms. The quantitative estimate of drug-likeness (QED) is 0.781. The zero-order chi connectivity index (χ0) is 11.7. The van der Waals surface area contributed by atoms with E-state index in [1.54, 1.807) is 0 Å². The summed E-state index contributed by atoms with van der Waals surface area (Å²) in [5, 5.41) is 0.270. The van der Waals surface area contributed by atoms with Crippen molar-refractivity contribution in [3.05, 3.63) is 11.0 Å². The van der Waals surface area contributed by atoms with Gasteiger partial charge in [-0.3, -0.25) is 0 Å². The first-order chi connectivity index (χ1) is 7.59. The molecule has 1 saturated heterocycles. The molecule has 4 nitrogen and oxygen atoms in total. The summed E-state index contributed by atoms with van der Waals surface area (Å²) < 4.78 is 0. The first-order valence-electron chi connectivity index (χ1n) is 5.23. The average Bonchev–Trinajstić information content (AvgIpc) is 2.24. The van der Waals surface area contributed by atoms with Gasteiger partial charge in [-0.25, -0.2) is 4.98 Å². The molecule has 1 fully saturated rings. The Bertz CT molecular complexity index is 399. The van der Waals surface area contributed by atoms with Crippen LogP contribution in [0.15, 0.2) is 0 Å². The first-order valence-corrected chi connectivity index (χ1v) is 6.77. The summed E-state index contributed by atoms with van der Waals surface area (Å²) in [5.74, 6) is 2.98. The third-order valence-electron chi connectivity index (χ3n) is 2.73. The van der Waals surface area contributed by atoms with Gasteiger partial charge in [0.25, 0.3) is 0 Å². The fraction of sp³-hybridized carbons (Fsp3) is 0.600. The molecule has 0 aliphatic carbocycles. The minimum Gasteiger partial charge on any atom is -0.394 e. The van der Waals surface area contributed by atoms with Crippen LogP contribution >= 0.6 is 23.4 Å². The van der Waals surface area contributed by atoms with E-state index in [-0.39, 0.29) is 5.28 Å². The number of halogens is 1. The van der Waals surface area contributed by atoms with Crippen molar-refractivity contribution >= 4 is 34.9 Å². The van der Waals surface area contributed by atoms with Gasteiger partial charge in [-0.1, -0.05) is 0 Å². The monoisotopic (exact) mass is 258 g/mol. The summed E-state index contributed by atoms with van der Waals surface area (Å²) in [6, 6.07) is 0.436. The lowest BCUT2D eigenvalue weighted by atomic mass is 10.2. The largest absolute Gasteiger partial charge is 0.394 e. The molecule has 2 rings (SSSR count). The van der Waals surface area contributed by atoms with Crippen molar-refractivity contribution < 1.29 is 0 Å². The van der Waals surface area contributed by atoms with Gasteiger partial charge >= 0.3 is 0 Å². The Morgan fingerprint density at radius 3 is 2.94 bits per heavy atom. The summed E-state index contributed by atoms with van der Waals surface area (Å²) in [6.07, 6.45) is 0. The van der Waals surface area contributed by atoms with Crippen molar-refractivity contribution in [3.8, 4) is 0 Å². The van der Waals surface area contributed by atoms with Crippen LogP contribution in [0.1, 0.15) is 12.6 Å². The van der Waals surface area contributed by atoms with E-state index in [1.165, 1.54) is 0 Å². The van der Waals surface area contributed by atoms with E-state index in [4.69, 9.17) is 17.3 Å². The molecular formula is C10H15ClN4S. The van der Waals surface area contributed by atoms with Gasteiger partial charge in [-0.15, -0.1) is 0 Å². The molecule has 1 aliphatic heterocycles. The number of rotatable bonds is 1. The standard InChI is InChI=1S/C10H15ClN4S/c1-6-5-16-4-3-15(6)9-8(12)7(2)13-10(11)14-9/h6H,3-5,12H2,1-2H3. The normalized spacial score (nSPS) is 21.2. The fourth-order valence-electron chi connectivity index (χ4n) is 1.79. The van der Waals surface area contributed by atoms with Crippen molar-refractivity contribution in [2.24, 2.45) is 0 Å². The molecule has 0 radical (unpaired) electrons. The summed E-state index contributed by atoms with van der Waals surface area (Å²) in [4.78, 5) is 10.5. The van der Waals surface area contributed by atoms with Crippen molar-refractivity contribution in [3.63, 3.8) is 0 Å². The molecule has 1 atom stereocenters. The Hall–Kier alpha value is -0.680. The number of aryl methyl sites for hydroxylation is 1. The molecule has 1 aromatic rings. The lowest BCUT2D eigenvalue weighted by Gasteiger charge is -2.34. The third-order valence-corrected chi connectivity index (χ3v) is 4.09. The molecule has 1 aliphatic rings. The Morgan fingerprint density at radius 2 is 2.25 bits per heavy atom. The van der Waals surface area contributed by atoms with Gasteiger partial charge in [0.2, 0.25) is 5.28 Å². The maximum absolute atomic E-state index is 6.01. The van der Waals surface area contributed by atoms with Crippen LogP contribution in [0.3, 0.4) is 0 Å². The lowest BCUT2D eigenvalue weighted by Crippen LogP contribution is -2.41. The number of thioether (sulfide) groups is 1. The second-order valence-corrected chi connectivity index (χ2v) is 5.42. The van der Waals surface area contributed by atoms with Crippen LogP contribution in [0, 0.1) is 6.92 Å². The number of aromatic nitrogens is 2. The highest BCUT2D eigenvalue weighted by Crippen LogP contribution is 2.29. The molecule has 1 unspecified atom stereocenters. The van der Waals surface area contributed by atoms with Crippen molar-refractivity contribution in [1.29, 1.82) is 0 Å². The molecule has 0 spiro atoms. The number of anilines is 2. The van der Waals surface area contributed by atoms with Gasteiger partial charge in [0.1, 0.15) is 0 Å². The Balaban J connectivity index is 2.38. The number of nitrogen functional groups attached to an aromatic ring is 1. The zero-order valence-corrected chi connectivity index (χ0v) is 11.0. The highest BCUT2D eigenvalue weighted by molar-refractivity contribution is 7.99. The Kier molecular flexibility index (Phi) is 3.44. The van der Waals surface area contributed by atoms with Crippen LogP contribution < -0.4 is 10.6 Å². The molecule has 2 N–H and O–H groups in total. The summed E-state index contributed by atoms with van der Waals surface area (Å²) in [5.41, 5.74) is 7.40. The SMILES string of the molecule is Cc1nc(Cl)nc(N2CCSCC2C)c1N. The highest BCUT2D eigenvalue weighted by Gasteiger charge is 2.23. The van der Waals surface area contributed by atoms with Crippen LogP contribution in [0.5, 0.6) is 0 Å². The predicted octanol–water partition coefficient (Wildman–Crippen LogP) is 1.96. The molecule has 6 heteroatoms. The van der Waals surface area contributed by atoms with Crippen LogP contribution in [-0.2, 0) is 0 Å². The lowest BCUT2D eigenvalue weighted by molar-refractivity contribution is 0.689. The fourth-order valence-corrected chi connectivity index (χ4v) is 3.01. The van der Waals surface area contributed by atoms with Crippen LogP contribution in [0.2, 0.25) is 5.28 Å². The van der Waals surface area contributed by atoms with Crippen LogP contribution in [0.4, 0.5) is 11.5 Å². The highest BCUT2D eigenvalue weighted by atomic mass is 35.5. The van der Waals surface area contributed by atoms with Crippen molar-refractivity contribution in [2.45, 2.75) is 19.9 Å². The van der Waals surface area contributed by atoms with E-state index >= 15 is 0 Å². The van der Waals surface area contributed by atoms with Gasteiger partial charge < -0.3 is 10.6 Å². The molecule has 0 aromatic carbocycles. The van der Waals surface area contributed by atoms with E-state index in [2.05, 4.69) is 21.8 Å². The molecule has 0 amide bonds. The summed E-state index contributed by atoms with van der Waals surface area (Å²) in [6.45, 7) is 5.00. The van der Waals surface area contributed by atoms with E-state index in [0.29, 0.717) is 11.7 Å². The number of nitrogens with zero attached hydrogens (tertiary/aromatic N) is 3. The molecule has 0 saturated carbocycles. The molecular weight excluding hydrogens is 244 g/mol. The minimum absolute atomic E-state index is 0.270. The molecule has 16 heavy (non-hydrogen) atoms. The topological polar surface area (TPSA) is 55.0 Å². The summed E-state index contributed by atoms with van der Waals surface area (Å²) >= 11 is 7.84. The zero-order valence-electron chi connectivity index (χ0n) is 9.40. The Labute approximate surface area is 105 Å². The molecule has 2 heterocycles. The van der Waals surface area contributed by atoms with E-state index in [1.807, 2.05) is 18.7 Å². The van der Waals surface area contributed by atoms with E-state index in [0.717, 1.165) is 29.6 Å². The van der Waals surface area contributed by atoms with Crippen molar-refractivity contribution in [2.75, 3.05) is 28.7 Å². The van der Waals surface area contributed by atoms with Crippen LogP contribution in [0.25, 0.3) is 0 Å². The van der Waals surface area contributed by atoms with Gasteiger partial charge in [-0.05, 0) is 25.4 Å². The van der Waals surface area contributed by atoms with Gasteiger partial charge in [0.05, 0.1) is 11.4 Å².